The first kappa shape index (κ1) is 19.9. The molecule has 28 heavy (non-hydrogen) atoms. The van der Waals surface area contributed by atoms with Crippen molar-refractivity contribution in [2.24, 2.45) is 0 Å². The van der Waals surface area contributed by atoms with Crippen LogP contribution < -0.4 is 9.64 Å². The van der Waals surface area contributed by atoms with Crippen LogP contribution in [0.25, 0.3) is 0 Å². The number of H-pyrrole nitrogens is 1. The van der Waals surface area contributed by atoms with Gasteiger partial charge in [0.25, 0.3) is 0 Å². The van der Waals surface area contributed by atoms with Gasteiger partial charge in [-0.15, -0.1) is 5.10 Å². The number of hydrogen-bond acceptors (Lipinski definition) is 5. The standard InChI is InChI=1S/C21H24N4O2S/c1-15(2)25(17-10-5-4-6-11-17)20(26)14-28-21-22-19(23-24-21)13-27-18-12-8-7-9-16(18)3/h4-12,15H,13-14H2,1-3H3,(H,22,23,24). The average Bonchev–Trinajstić information content (AvgIpc) is 3.14. The first-order valence-corrected chi connectivity index (χ1v) is 10.1. The minimum Gasteiger partial charge on any atom is -0.485 e. The van der Waals surface area contributed by atoms with Crippen LogP contribution in [0.5, 0.6) is 5.75 Å². The number of nitrogens with zero attached hydrogens (tertiary/aromatic N) is 3. The lowest BCUT2D eigenvalue weighted by Gasteiger charge is -2.26. The van der Waals surface area contributed by atoms with E-state index in [0.29, 0.717) is 17.6 Å². The molecule has 1 heterocycles. The third-order valence-electron chi connectivity index (χ3n) is 4.11. The second-order valence-electron chi connectivity index (χ2n) is 6.60. The van der Waals surface area contributed by atoms with Crippen molar-refractivity contribution in [1.29, 1.82) is 0 Å². The summed E-state index contributed by atoms with van der Waals surface area (Å²) in [6.45, 7) is 6.30. The topological polar surface area (TPSA) is 71.1 Å². The van der Waals surface area contributed by atoms with Gasteiger partial charge in [-0.05, 0) is 44.5 Å². The van der Waals surface area contributed by atoms with Gasteiger partial charge in [-0.25, -0.2) is 4.98 Å². The predicted molar refractivity (Wildman–Crippen MR) is 112 cm³/mol. The summed E-state index contributed by atoms with van der Waals surface area (Å²) in [7, 11) is 0. The molecule has 7 heteroatoms. The summed E-state index contributed by atoms with van der Waals surface area (Å²) in [6.07, 6.45) is 0. The van der Waals surface area contributed by atoms with Crippen molar-refractivity contribution < 1.29 is 9.53 Å². The number of amides is 1. The smallest absolute Gasteiger partial charge is 0.237 e. The lowest BCUT2D eigenvalue weighted by atomic mass is 10.2. The van der Waals surface area contributed by atoms with Crippen LogP contribution in [0.2, 0.25) is 0 Å². The molecule has 1 amide bonds. The molecule has 3 rings (SSSR count). The number of ether oxygens (including phenoxy) is 1. The number of aromatic amines is 1. The van der Waals surface area contributed by atoms with E-state index < -0.39 is 0 Å². The van der Waals surface area contributed by atoms with Crippen LogP contribution in [0.3, 0.4) is 0 Å². The predicted octanol–water partition coefficient (Wildman–Crippen LogP) is 4.23. The van der Waals surface area contributed by atoms with Crippen molar-refractivity contribution in [3.05, 3.63) is 66.0 Å². The number of carbonyl (C=O) groups is 1. The van der Waals surface area contributed by atoms with E-state index in [1.165, 1.54) is 11.8 Å². The lowest BCUT2D eigenvalue weighted by molar-refractivity contribution is -0.116. The largest absolute Gasteiger partial charge is 0.485 e. The zero-order chi connectivity index (χ0) is 19.9. The van der Waals surface area contributed by atoms with E-state index in [0.717, 1.165) is 17.0 Å². The molecule has 0 aliphatic carbocycles. The third kappa shape index (κ3) is 5.13. The van der Waals surface area contributed by atoms with Crippen molar-refractivity contribution >= 4 is 23.4 Å². The van der Waals surface area contributed by atoms with Gasteiger partial charge < -0.3 is 9.64 Å². The van der Waals surface area contributed by atoms with E-state index in [1.807, 2.05) is 75.4 Å². The molecule has 0 bridgehead atoms. The maximum atomic E-state index is 12.7. The molecule has 3 aromatic rings. The highest BCUT2D eigenvalue weighted by Crippen LogP contribution is 2.21. The van der Waals surface area contributed by atoms with Gasteiger partial charge in [0.05, 0.1) is 5.75 Å². The molecule has 0 saturated heterocycles. The first-order chi connectivity index (χ1) is 13.5. The first-order valence-electron chi connectivity index (χ1n) is 9.14. The van der Waals surface area contributed by atoms with Crippen LogP contribution in [0, 0.1) is 6.92 Å². The number of aromatic nitrogens is 3. The summed E-state index contributed by atoms with van der Waals surface area (Å²) in [5.74, 6) is 1.73. The fraction of sp³-hybridized carbons (Fsp3) is 0.286. The second kappa shape index (κ2) is 9.41. The number of thioether (sulfide) groups is 1. The SMILES string of the molecule is Cc1ccccc1OCc1nc(SCC(=O)N(c2ccccc2)C(C)C)n[nH]1. The molecule has 0 spiro atoms. The molecule has 0 saturated carbocycles. The number of para-hydroxylation sites is 2. The molecule has 6 nitrogen and oxygen atoms in total. The molecule has 0 atom stereocenters. The Morgan fingerprint density at radius 1 is 1.14 bits per heavy atom. The van der Waals surface area contributed by atoms with Crippen LogP contribution in [-0.2, 0) is 11.4 Å². The number of nitrogens with one attached hydrogen (secondary N) is 1. The van der Waals surface area contributed by atoms with E-state index in [2.05, 4.69) is 15.2 Å². The van der Waals surface area contributed by atoms with Crippen molar-refractivity contribution in [2.75, 3.05) is 10.7 Å². The number of hydrogen-bond donors (Lipinski definition) is 1. The highest BCUT2D eigenvalue weighted by molar-refractivity contribution is 7.99. The maximum absolute atomic E-state index is 12.7. The Kier molecular flexibility index (Phi) is 6.71. The van der Waals surface area contributed by atoms with Crippen LogP contribution in [0.15, 0.2) is 59.8 Å². The van der Waals surface area contributed by atoms with E-state index in [9.17, 15) is 4.79 Å². The fourth-order valence-corrected chi connectivity index (χ4v) is 3.46. The van der Waals surface area contributed by atoms with Gasteiger partial charge in [0.1, 0.15) is 12.4 Å². The quantitative estimate of drug-likeness (QED) is 0.577. The van der Waals surface area contributed by atoms with E-state index in [1.54, 1.807) is 4.90 Å². The Morgan fingerprint density at radius 3 is 2.57 bits per heavy atom. The van der Waals surface area contributed by atoms with Crippen LogP contribution >= 0.6 is 11.8 Å². The number of rotatable bonds is 8. The molecular weight excluding hydrogens is 372 g/mol. The monoisotopic (exact) mass is 396 g/mol. The zero-order valence-electron chi connectivity index (χ0n) is 16.3. The molecule has 0 aliphatic rings. The lowest BCUT2D eigenvalue weighted by Crippen LogP contribution is -2.38. The highest BCUT2D eigenvalue weighted by Gasteiger charge is 2.19. The van der Waals surface area contributed by atoms with E-state index >= 15 is 0 Å². The summed E-state index contributed by atoms with van der Waals surface area (Å²) < 4.78 is 5.77. The Labute approximate surface area is 169 Å². The Balaban J connectivity index is 1.56. The second-order valence-corrected chi connectivity index (χ2v) is 7.54. The minimum atomic E-state index is 0.0220. The normalized spacial score (nSPS) is 10.9. The number of carbonyl (C=O) groups excluding carboxylic acids is 1. The number of aryl methyl sites for hydroxylation is 1. The summed E-state index contributed by atoms with van der Waals surface area (Å²) >= 11 is 1.31. The molecule has 0 unspecified atom stereocenters. The van der Waals surface area contributed by atoms with Gasteiger partial charge in [0.15, 0.2) is 5.82 Å². The van der Waals surface area contributed by atoms with E-state index in [-0.39, 0.29) is 17.7 Å². The third-order valence-corrected chi connectivity index (χ3v) is 4.95. The van der Waals surface area contributed by atoms with Crippen molar-refractivity contribution in [3.8, 4) is 5.75 Å². The molecule has 146 valence electrons. The zero-order valence-corrected chi connectivity index (χ0v) is 17.1. The van der Waals surface area contributed by atoms with Crippen molar-refractivity contribution in [1.82, 2.24) is 15.2 Å². The summed E-state index contributed by atoms with van der Waals surface area (Å²) in [5.41, 5.74) is 1.96. The van der Waals surface area contributed by atoms with Gasteiger partial charge in [-0.3, -0.25) is 9.89 Å². The van der Waals surface area contributed by atoms with Gasteiger partial charge >= 0.3 is 0 Å². The molecule has 0 aliphatic heterocycles. The Morgan fingerprint density at radius 2 is 1.86 bits per heavy atom. The van der Waals surface area contributed by atoms with Crippen LogP contribution in [-0.4, -0.2) is 32.9 Å². The van der Waals surface area contributed by atoms with Crippen LogP contribution in [0.4, 0.5) is 5.69 Å². The number of benzene rings is 2. The molecule has 1 N–H and O–H groups in total. The van der Waals surface area contributed by atoms with Gasteiger partial charge in [0, 0.05) is 11.7 Å². The highest BCUT2D eigenvalue weighted by atomic mass is 32.2. The van der Waals surface area contributed by atoms with Crippen molar-refractivity contribution in [3.63, 3.8) is 0 Å². The van der Waals surface area contributed by atoms with Gasteiger partial charge in [-0.2, -0.15) is 0 Å². The van der Waals surface area contributed by atoms with Crippen molar-refractivity contribution in [2.45, 2.75) is 38.6 Å². The van der Waals surface area contributed by atoms with Gasteiger partial charge in [0.2, 0.25) is 11.1 Å². The molecule has 0 radical (unpaired) electrons. The molecule has 1 aromatic heterocycles. The van der Waals surface area contributed by atoms with E-state index in [4.69, 9.17) is 4.74 Å². The van der Waals surface area contributed by atoms with Crippen LogP contribution in [0.1, 0.15) is 25.2 Å². The summed E-state index contributed by atoms with van der Waals surface area (Å²) in [5, 5.41) is 7.58. The average molecular weight is 397 g/mol. The molecule has 0 fully saturated rings. The fourth-order valence-electron chi connectivity index (χ4n) is 2.79. The molecular formula is C21H24N4O2S. The Bertz CT molecular complexity index is 912. The summed E-state index contributed by atoms with van der Waals surface area (Å²) in [4.78, 5) is 18.9. The van der Waals surface area contributed by atoms with Gasteiger partial charge in [-0.1, -0.05) is 48.2 Å². The molecule has 2 aromatic carbocycles. The number of anilines is 1. The minimum absolute atomic E-state index is 0.0220. The summed E-state index contributed by atoms with van der Waals surface area (Å²) in [6, 6.07) is 17.6. The maximum Gasteiger partial charge on any atom is 0.237 e. The Hall–Kier alpha value is -2.80.